The van der Waals surface area contributed by atoms with Gasteiger partial charge in [-0.2, -0.15) is 0 Å². The van der Waals surface area contributed by atoms with Gasteiger partial charge in [0.1, 0.15) is 11.5 Å². The lowest BCUT2D eigenvalue weighted by Gasteiger charge is -2.30. The fraction of sp³-hybridized carbons (Fsp3) is 0.158. The largest absolute Gasteiger partial charge is 0.508 e. The molecule has 1 aliphatic heterocycles. The zero-order chi connectivity index (χ0) is 16.7. The minimum atomic E-state index is -0.0781. The maximum Gasteiger partial charge on any atom is 0.228 e. The maximum atomic E-state index is 12.6. The number of likely N-dealkylation sites (N-methyl/N-ethyl adjacent to an activating group) is 1. The summed E-state index contributed by atoms with van der Waals surface area (Å²) in [5.41, 5.74) is 5.23. The highest BCUT2D eigenvalue weighted by Gasteiger charge is 2.32. The zero-order valence-corrected chi connectivity index (χ0v) is 13.3. The summed E-state index contributed by atoms with van der Waals surface area (Å²) in [6.07, 6.45) is 8.16. The van der Waals surface area contributed by atoms with Gasteiger partial charge in [0, 0.05) is 37.2 Å². The molecule has 4 rings (SSSR count). The second-order valence-electron chi connectivity index (χ2n) is 6.02. The molecular weight excluding hydrogens is 302 g/mol. The lowest BCUT2D eigenvalue weighted by Crippen LogP contribution is -2.30. The van der Waals surface area contributed by atoms with Crippen molar-refractivity contribution in [3.63, 3.8) is 0 Å². The number of Topliss-reactive ketones (excluding diaryl/α,β-unsaturated/α-hetero) is 1. The standard InChI is InChI=1S/C19H17N3O2/c1-22-9-7-13-11-21-18-17(13)16(22)10-15(19(18)24)20-8-6-12-2-4-14(23)5-3-12/h2-6,8,10-11,21,23H,7,9H2,1H3/b8-6+,20-15?. The number of phenols is 1. The predicted octanol–water partition coefficient (Wildman–Crippen LogP) is 2.86. The minimum Gasteiger partial charge on any atom is -0.508 e. The van der Waals surface area contributed by atoms with Crippen molar-refractivity contribution in [3.05, 3.63) is 65.1 Å². The number of carbonyl (C=O) groups is 1. The van der Waals surface area contributed by atoms with E-state index in [9.17, 15) is 9.90 Å². The summed E-state index contributed by atoms with van der Waals surface area (Å²) in [5, 5.41) is 9.29. The first-order valence-corrected chi connectivity index (χ1v) is 7.85. The number of benzene rings is 1. The van der Waals surface area contributed by atoms with E-state index in [2.05, 4.69) is 14.9 Å². The topological polar surface area (TPSA) is 68.7 Å². The van der Waals surface area contributed by atoms with E-state index in [0.717, 1.165) is 29.8 Å². The molecule has 1 aromatic heterocycles. The summed E-state index contributed by atoms with van der Waals surface area (Å²) >= 11 is 0. The summed E-state index contributed by atoms with van der Waals surface area (Å²) in [7, 11) is 2.03. The van der Waals surface area contributed by atoms with Gasteiger partial charge in [-0.05, 0) is 41.8 Å². The van der Waals surface area contributed by atoms with Crippen LogP contribution in [0.25, 0.3) is 11.8 Å². The molecule has 2 heterocycles. The van der Waals surface area contributed by atoms with Crippen LogP contribution in [0.5, 0.6) is 5.75 Å². The Morgan fingerprint density at radius 3 is 2.88 bits per heavy atom. The molecule has 1 aromatic carbocycles. The molecule has 5 nitrogen and oxygen atoms in total. The first-order chi connectivity index (χ1) is 11.6. The molecule has 0 atom stereocenters. The van der Waals surface area contributed by atoms with Crippen LogP contribution in [-0.2, 0) is 6.42 Å². The van der Waals surface area contributed by atoms with Crippen LogP contribution in [0.3, 0.4) is 0 Å². The van der Waals surface area contributed by atoms with E-state index in [1.807, 2.05) is 19.3 Å². The number of nitrogens with one attached hydrogen (secondary N) is 1. The summed E-state index contributed by atoms with van der Waals surface area (Å²) in [5.74, 6) is 0.145. The number of aliphatic imine (C=N–C) groups is 1. The monoisotopic (exact) mass is 319 g/mol. The second kappa shape index (κ2) is 5.53. The molecule has 0 saturated carbocycles. The fourth-order valence-corrected chi connectivity index (χ4v) is 3.12. The molecule has 0 bridgehead atoms. The fourth-order valence-electron chi connectivity index (χ4n) is 3.12. The predicted molar refractivity (Wildman–Crippen MR) is 94.0 cm³/mol. The van der Waals surface area contributed by atoms with Gasteiger partial charge in [-0.15, -0.1) is 0 Å². The van der Waals surface area contributed by atoms with Crippen molar-refractivity contribution in [2.24, 2.45) is 4.99 Å². The SMILES string of the molecule is CN1CCc2c[nH]c3c2C1=CC(=N/C=C/c1ccc(O)cc1)C3=O. The minimum absolute atomic E-state index is 0.0781. The van der Waals surface area contributed by atoms with Gasteiger partial charge in [-0.3, -0.25) is 9.79 Å². The van der Waals surface area contributed by atoms with E-state index in [-0.39, 0.29) is 11.5 Å². The third kappa shape index (κ3) is 2.34. The van der Waals surface area contributed by atoms with Gasteiger partial charge in [0.2, 0.25) is 5.78 Å². The van der Waals surface area contributed by atoms with Crippen molar-refractivity contribution in [2.45, 2.75) is 6.42 Å². The molecule has 0 fully saturated rings. The molecular formula is C19H17N3O2. The molecule has 5 heteroatoms. The van der Waals surface area contributed by atoms with Gasteiger partial charge in [0.25, 0.3) is 0 Å². The Hall–Kier alpha value is -3.08. The molecule has 2 N–H and O–H groups in total. The number of nitrogens with zero attached hydrogens (tertiary/aromatic N) is 2. The maximum absolute atomic E-state index is 12.6. The number of rotatable bonds is 2. The second-order valence-corrected chi connectivity index (χ2v) is 6.02. The first-order valence-electron chi connectivity index (χ1n) is 7.85. The molecule has 0 radical (unpaired) electrons. The molecule has 1 aliphatic carbocycles. The summed E-state index contributed by atoms with van der Waals surface area (Å²) < 4.78 is 0. The highest BCUT2D eigenvalue weighted by molar-refractivity contribution is 6.52. The molecule has 2 aliphatic rings. The van der Waals surface area contributed by atoms with E-state index in [1.165, 1.54) is 5.56 Å². The van der Waals surface area contributed by atoms with Gasteiger partial charge >= 0.3 is 0 Å². The van der Waals surface area contributed by atoms with Crippen LogP contribution in [0.15, 0.2) is 47.7 Å². The van der Waals surface area contributed by atoms with Gasteiger partial charge in [-0.25, -0.2) is 0 Å². The average molecular weight is 319 g/mol. The van der Waals surface area contributed by atoms with Crippen molar-refractivity contribution < 1.29 is 9.90 Å². The van der Waals surface area contributed by atoms with Crippen LogP contribution < -0.4 is 0 Å². The van der Waals surface area contributed by atoms with E-state index in [0.29, 0.717) is 11.4 Å². The number of carbonyl (C=O) groups excluding carboxylic acids is 1. The van der Waals surface area contributed by atoms with Crippen LogP contribution in [0.2, 0.25) is 0 Å². The van der Waals surface area contributed by atoms with E-state index < -0.39 is 0 Å². The highest BCUT2D eigenvalue weighted by Crippen LogP contribution is 2.34. The number of H-pyrrole nitrogens is 1. The number of aromatic nitrogens is 1. The van der Waals surface area contributed by atoms with E-state index in [1.54, 1.807) is 36.5 Å². The van der Waals surface area contributed by atoms with Gasteiger partial charge in [-0.1, -0.05) is 12.1 Å². The number of ketones is 1. The van der Waals surface area contributed by atoms with Crippen molar-refractivity contribution in [2.75, 3.05) is 13.6 Å². The van der Waals surface area contributed by atoms with Crippen molar-refractivity contribution in [1.82, 2.24) is 9.88 Å². The summed E-state index contributed by atoms with van der Waals surface area (Å²) in [6, 6.07) is 6.81. The molecule has 2 aromatic rings. The number of hydrogen-bond acceptors (Lipinski definition) is 4. The Morgan fingerprint density at radius 2 is 2.08 bits per heavy atom. The Kier molecular flexibility index (Phi) is 3.34. The van der Waals surface area contributed by atoms with E-state index >= 15 is 0 Å². The highest BCUT2D eigenvalue weighted by atomic mass is 16.3. The number of aromatic amines is 1. The van der Waals surface area contributed by atoms with E-state index in [4.69, 9.17) is 0 Å². The van der Waals surface area contributed by atoms with Crippen molar-refractivity contribution in [1.29, 1.82) is 0 Å². The molecule has 120 valence electrons. The van der Waals surface area contributed by atoms with Crippen LogP contribution in [0.4, 0.5) is 0 Å². The Balaban J connectivity index is 1.68. The van der Waals surface area contributed by atoms with Crippen LogP contribution in [0.1, 0.15) is 27.2 Å². The average Bonchev–Trinajstić information content (AvgIpc) is 3.01. The van der Waals surface area contributed by atoms with Crippen LogP contribution >= 0.6 is 0 Å². The quantitative estimate of drug-likeness (QED) is 0.894. The van der Waals surface area contributed by atoms with Crippen LogP contribution in [-0.4, -0.2) is 40.1 Å². The summed E-state index contributed by atoms with van der Waals surface area (Å²) in [6.45, 7) is 0.931. The summed E-state index contributed by atoms with van der Waals surface area (Å²) in [4.78, 5) is 22.2. The molecule has 0 spiro atoms. The lowest BCUT2D eigenvalue weighted by molar-refractivity contribution is 0.106. The van der Waals surface area contributed by atoms with Gasteiger partial charge < -0.3 is 15.0 Å². The third-order valence-corrected chi connectivity index (χ3v) is 4.45. The van der Waals surface area contributed by atoms with Crippen molar-refractivity contribution >= 4 is 23.3 Å². The molecule has 24 heavy (non-hydrogen) atoms. The number of aromatic hydroxyl groups is 1. The number of allylic oxidation sites excluding steroid dienone is 1. The smallest absolute Gasteiger partial charge is 0.228 e. The zero-order valence-electron chi connectivity index (χ0n) is 13.3. The van der Waals surface area contributed by atoms with Gasteiger partial charge in [0.15, 0.2) is 0 Å². The first kappa shape index (κ1) is 14.5. The normalized spacial score (nSPS) is 18.2. The molecule has 0 amide bonds. The molecule has 0 unspecified atom stereocenters. The Bertz CT molecular complexity index is 901. The lowest BCUT2D eigenvalue weighted by atomic mass is 9.91. The van der Waals surface area contributed by atoms with Gasteiger partial charge in [0.05, 0.1) is 5.69 Å². The Labute approximate surface area is 139 Å². The third-order valence-electron chi connectivity index (χ3n) is 4.45. The molecule has 0 saturated heterocycles. The Morgan fingerprint density at radius 1 is 1.29 bits per heavy atom. The number of hydrogen-bond donors (Lipinski definition) is 2. The number of phenolic OH excluding ortho intramolecular Hbond substituents is 1. The van der Waals surface area contributed by atoms with Crippen molar-refractivity contribution in [3.8, 4) is 5.75 Å². The van der Waals surface area contributed by atoms with Crippen LogP contribution in [0, 0.1) is 0 Å².